The summed E-state index contributed by atoms with van der Waals surface area (Å²) in [6.07, 6.45) is 8.22. The minimum Gasteiger partial charge on any atom is -0.491 e. The molecule has 2 N–H and O–H groups in total. The maximum atomic E-state index is 10.8. The highest BCUT2D eigenvalue weighted by Crippen LogP contribution is 2.43. The van der Waals surface area contributed by atoms with Crippen molar-refractivity contribution in [3.63, 3.8) is 0 Å². The molecule has 1 heterocycles. The maximum Gasteiger partial charge on any atom is 0.303 e. The van der Waals surface area contributed by atoms with Gasteiger partial charge in [-0.25, -0.2) is 0 Å². The second-order valence-electron chi connectivity index (χ2n) is 8.43. The van der Waals surface area contributed by atoms with E-state index < -0.39 is 12.1 Å². The van der Waals surface area contributed by atoms with Crippen molar-refractivity contribution >= 4 is 5.97 Å². The van der Waals surface area contributed by atoms with Crippen LogP contribution in [0, 0.1) is 17.8 Å². The predicted octanol–water partition coefficient (Wildman–Crippen LogP) is 3.68. The van der Waals surface area contributed by atoms with Crippen molar-refractivity contribution in [1.29, 1.82) is 0 Å². The monoisotopic (exact) mass is 418 g/mol. The van der Waals surface area contributed by atoms with Crippen LogP contribution in [0.2, 0.25) is 0 Å². The molecule has 6 atom stereocenters. The Hall–Kier alpha value is -1.89. The summed E-state index contributed by atoms with van der Waals surface area (Å²) in [5.74, 6) is 0.989. The van der Waals surface area contributed by atoms with Gasteiger partial charge < -0.3 is 24.4 Å². The molecule has 1 saturated carbocycles. The predicted molar refractivity (Wildman–Crippen MR) is 113 cm³/mol. The number of aliphatic hydroxyl groups is 1. The van der Waals surface area contributed by atoms with E-state index in [0.29, 0.717) is 24.9 Å². The van der Waals surface area contributed by atoms with Crippen molar-refractivity contribution in [2.24, 2.45) is 17.8 Å². The fourth-order valence-electron chi connectivity index (χ4n) is 4.73. The van der Waals surface area contributed by atoms with Crippen molar-refractivity contribution < 1.29 is 29.2 Å². The molecule has 1 aliphatic heterocycles. The first kappa shape index (κ1) is 22.8. The zero-order valence-electron chi connectivity index (χ0n) is 17.7. The number of aliphatic hydroxyl groups excluding tert-OH is 1. The summed E-state index contributed by atoms with van der Waals surface area (Å²) in [6, 6.07) is 9.47. The smallest absolute Gasteiger partial charge is 0.303 e. The highest BCUT2D eigenvalue weighted by Gasteiger charge is 2.44. The summed E-state index contributed by atoms with van der Waals surface area (Å²) in [6.45, 7) is 0.905. The lowest BCUT2D eigenvalue weighted by molar-refractivity contribution is -0.137. The van der Waals surface area contributed by atoms with E-state index in [1.807, 2.05) is 36.4 Å². The van der Waals surface area contributed by atoms with E-state index >= 15 is 0 Å². The lowest BCUT2D eigenvalue weighted by Gasteiger charge is -2.22. The number of ether oxygens (including phenoxy) is 3. The Labute approximate surface area is 178 Å². The fourth-order valence-corrected chi connectivity index (χ4v) is 4.73. The molecule has 1 aliphatic carbocycles. The Bertz CT molecular complexity index is 676. The average molecular weight is 419 g/mol. The number of methoxy groups -OCH3 is 1. The van der Waals surface area contributed by atoms with Crippen LogP contribution in [-0.2, 0) is 14.3 Å². The van der Waals surface area contributed by atoms with Crippen LogP contribution in [0.5, 0.6) is 5.75 Å². The third-order valence-electron chi connectivity index (χ3n) is 6.35. The third-order valence-corrected chi connectivity index (χ3v) is 6.35. The number of para-hydroxylation sites is 1. The van der Waals surface area contributed by atoms with E-state index in [4.69, 9.17) is 19.3 Å². The summed E-state index contributed by atoms with van der Waals surface area (Å²) in [7, 11) is 1.74. The molecule has 2 fully saturated rings. The van der Waals surface area contributed by atoms with E-state index in [-0.39, 0.29) is 31.2 Å². The Kier molecular flexibility index (Phi) is 8.73. The summed E-state index contributed by atoms with van der Waals surface area (Å²) in [5.41, 5.74) is 0. The number of aliphatic carboxylic acids is 1. The van der Waals surface area contributed by atoms with Gasteiger partial charge in [-0.1, -0.05) is 30.4 Å². The maximum absolute atomic E-state index is 10.8. The number of fused-ring (bicyclic) bond motifs is 1. The normalized spacial score (nSPS) is 30.0. The highest BCUT2D eigenvalue weighted by atomic mass is 16.5. The second kappa shape index (κ2) is 11.5. The van der Waals surface area contributed by atoms with Crippen molar-refractivity contribution in [3.8, 4) is 5.75 Å². The quantitative estimate of drug-likeness (QED) is 0.564. The van der Waals surface area contributed by atoms with Gasteiger partial charge in [-0.3, -0.25) is 4.79 Å². The number of hydrogen-bond donors (Lipinski definition) is 2. The van der Waals surface area contributed by atoms with E-state index in [9.17, 15) is 9.90 Å². The molecule has 1 aromatic carbocycles. The first-order valence-corrected chi connectivity index (χ1v) is 11.0. The molecule has 0 bridgehead atoms. The van der Waals surface area contributed by atoms with Gasteiger partial charge in [-0.2, -0.15) is 0 Å². The molecular weight excluding hydrogens is 384 g/mol. The highest BCUT2D eigenvalue weighted by molar-refractivity contribution is 5.66. The number of hydrogen-bond acceptors (Lipinski definition) is 5. The Morgan fingerprint density at radius 3 is 2.83 bits per heavy atom. The number of carboxylic acids is 1. The van der Waals surface area contributed by atoms with Crippen molar-refractivity contribution in [3.05, 3.63) is 42.5 Å². The topological polar surface area (TPSA) is 85.2 Å². The molecule has 1 saturated heterocycles. The molecular formula is C24H34O6. The van der Waals surface area contributed by atoms with Gasteiger partial charge in [0, 0.05) is 32.5 Å². The van der Waals surface area contributed by atoms with Gasteiger partial charge in [0.15, 0.2) is 0 Å². The average Bonchev–Trinajstić information content (AvgIpc) is 2.96. The number of carbonyl (C=O) groups is 1. The van der Waals surface area contributed by atoms with Gasteiger partial charge in [0.25, 0.3) is 0 Å². The molecule has 0 spiro atoms. The van der Waals surface area contributed by atoms with Gasteiger partial charge in [0.05, 0.1) is 12.2 Å². The standard InChI is InChI=1S/C24H34O6/c1-28-22-14-23-21(12-10-17(15-30-23)6-5-9-24(26)27)20(22)13-11-18(25)16-29-19-7-3-2-4-8-19/h2-4,7-8,11,13,17-18,20-23,25H,5-6,9-10,12,14-16H2,1H3,(H,26,27)/t17-,18+,20+,21+,22+,23-/m0/s1. The van der Waals surface area contributed by atoms with Gasteiger partial charge in [0.1, 0.15) is 18.5 Å². The molecule has 1 aromatic rings. The molecule has 6 nitrogen and oxygen atoms in total. The second-order valence-corrected chi connectivity index (χ2v) is 8.43. The Morgan fingerprint density at radius 1 is 1.30 bits per heavy atom. The van der Waals surface area contributed by atoms with Crippen LogP contribution in [0.15, 0.2) is 42.5 Å². The van der Waals surface area contributed by atoms with Crippen molar-refractivity contribution in [2.45, 2.75) is 56.8 Å². The van der Waals surface area contributed by atoms with Crippen LogP contribution in [0.3, 0.4) is 0 Å². The SMILES string of the molecule is CO[C@@H]1C[C@@H]2OC[C@@H](CCCC(=O)O)CC[C@@H]2[C@H]1C=C[C@@H](O)COc1ccccc1. The van der Waals surface area contributed by atoms with Gasteiger partial charge in [0.2, 0.25) is 0 Å². The largest absolute Gasteiger partial charge is 0.491 e. The summed E-state index contributed by atoms with van der Waals surface area (Å²) in [4.78, 5) is 10.8. The minimum absolute atomic E-state index is 0.0852. The zero-order valence-corrected chi connectivity index (χ0v) is 17.7. The van der Waals surface area contributed by atoms with E-state index in [1.165, 1.54) is 0 Å². The molecule has 0 aromatic heterocycles. The van der Waals surface area contributed by atoms with Crippen LogP contribution in [0.25, 0.3) is 0 Å². The number of benzene rings is 1. The molecule has 0 amide bonds. The molecule has 2 aliphatic rings. The fraction of sp³-hybridized carbons (Fsp3) is 0.625. The Balaban J connectivity index is 1.52. The molecule has 166 valence electrons. The lowest BCUT2D eigenvalue weighted by Crippen LogP contribution is -2.23. The zero-order chi connectivity index (χ0) is 21.3. The van der Waals surface area contributed by atoms with Gasteiger partial charge in [-0.15, -0.1) is 0 Å². The minimum atomic E-state index is -0.732. The number of carboxylic acid groups (broad SMARTS) is 1. The summed E-state index contributed by atoms with van der Waals surface area (Å²) < 4.78 is 17.6. The molecule has 30 heavy (non-hydrogen) atoms. The molecule has 0 unspecified atom stereocenters. The van der Waals surface area contributed by atoms with Crippen LogP contribution in [-0.4, -0.2) is 54.8 Å². The van der Waals surface area contributed by atoms with Gasteiger partial charge >= 0.3 is 5.97 Å². The lowest BCUT2D eigenvalue weighted by atomic mass is 9.86. The van der Waals surface area contributed by atoms with Crippen LogP contribution >= 0.6 is 0 Å². The third kappa shape index (κ3) is 6.56. The molecule has 6 heteroatoms. The van der Waals surface area contributed by atoms with Crippen molar-refractivity contribution in [1.82, 2.24) is 0 Å². The van der Waals surface area contributed by atoms with E-state index in [1.54, 1.807) is 7.11 Å². The van der Waals surface area contributed by atoms with E-state index in [2.05, 4.69) is 6.08 Å². The summed E-state index contributed by atoms with van der Waals surface area (Å²) >= 11 is 0. The first-order valence-electron chi connectivity index (χ1n) is 11.0. The first-order chi connectivity index (χ1) is 14.6. The van der Waals surface area contributed by atoms with Crippen LogP contribution in [0.4, 0.5) is 0 Å². The molecule has 0 radical (unpaired) electrons. The van der Waals surface area contributed by atoms with Crippen molar-refractivity contribution in [2.75, 3.05) is 20.3 Å². The van der Waals surface area contributed by atoms with Crippen LogP contribution < -0.4 is 4.74 Å². The van der Waals surface area contributed by atoms with E-state index in [0.717, 1.165) is 31.4 Å². The molecule has 3 rings (SSSR count). The van der Waals surface area contributed by atoms with Gasteiger partial charge in [-0.05, 0) is 49.7 Å². The Morgan fingerprint density at radius 2 is 2.10 bits per heavy atom. The number of rotatable bonds is 10. The van der Waals surface area contributed by atoms with Crippen LogP contribution in [0.1, 0.15) is 38.5 Å². The summed E-state index contributed by atoms with van der Waals surface area (Å²) in [5, 5.41) is 19.2.